The summed E-state index contributed by atoms with van der Waals surface area (Å²) in [6.45, 7) is -0.182. The van der Waals surface area contributed by atoms with E-state index in [-0.39, 0.29) is 35.9 Å². The second-order valence-corrected chi connectivity index (χ2v) is 9.03. The molecular weight excluding hydrogens is 451 g/mol. The van der Waals surface area contributed by atoms with E-state index in [1.807, 2.05) is 0 Å². The topological polar surface area (TPSA) is 82.4 Å². The molecular formula is C23H30F3N5O3. The molecule has 0 N–H and O–H groups in total. The monoisotopic (exact) mass is 481 g/mol. The van der Waals surface area contributed by atoms with E-state index in [1.165, 1.54) is 16.8 Å². The van der Waals surface area contributed by atoms with E-state index in [2.05, 4.69) is 15.3 Å². The van der Waals surface area contributed by atoms with Crippen molar-refractivity contribution in [3.05, 3.63) is 23.5 Å². The maximum Gasteiger partial charge on any atom is 0.437 e. The molecule has 0 bridgehead atoms. The van der Waals surface area contributed by atoms with E-state index in [0.717, 1.165) is 57.8 Å². The number of ether oxygens (including phenoxy) is 2. The summed E-state index contributed by atoms with van der Waals surface area (Å²) < 4.78 is 54.0. The van der Waals surface area contributed by atoms with E-state index in [9.17, 15) is 18.0 Å². The lowest BCUT2D eigenvalue weighted by Crippen LogP contribution is -2.35. The molecule has 2 aromatic rings. The Labute approximate surface area is 196 Å². The number of pyridine rings is 1. The van der Waals surface area contributed by atoms with Crippen LogP contribution in [0, 0.1) is 0 Å². The number of hydrogen-bond donors (Lipinski definition) is 0. The molecule has 2 aliphatic carbocycles. The van der Waals surface area contributed by atoms with Gasteiger partial charge in [0.25, 0.3) is 0 Å². The van der Waals surface area contributed by atoms with Crippen molar-refractivity contribution in [2.24, 2.45) is 7.05 Å². The fourth-order valence-electron chi connectivity index (χ4n) is 4.65. The average Bonchev–Trinajstić information content (AvgIpc) is 3.47. The van der Waals surface area contributed by atoms with Crippen molar-refractivity contribution in [1.82, 2.24) is 24.9 Å². The Morgan fingerprint density at radius 2 is 1.79 bits per heavy atom. The summed E-state index contributed by atoms with van der Waals surface area (Å²) in [5.74, 6) is -0.279. The van der Waals surface area contributed by atoms with Crippen molar-refractivity contribution >= 4 is 6.09 Å². The fourth-order valence-corrected chi connectivity index (χ4v) is 4.65. The molecule has 2 saturated carbocycles. The zero-order valence-corrected chi connectivity index (χ0v) is 19.5. The lowest BCUT2D eigenvalue weighted by atomic mass is 9.98. The Hall–Kier alpha value is -2.85. The highest BCUT2D eigenvalue weighted by Crippen LogP contribution is 2.38. The second-order valence-electron chi connectivity index (χ2n) is 9.03. The van der Waals surface area contributed by atoms with Gasteiger partial charge >= 0.3 is 12.3 Å². The third-order valence-electron chi connectivity index (χ3n) is 6.65. The van der Waals surface area contributed by atoms with Crippen LogP contribution in [0.5, 0.6) is 5.75 Å². The summed E-state index contributed by atoms with van der Waals surface area (Å²) in [5, 5.41) is 7.90. The molecule has 0 unspecified atom stereocenters. The summed E-state index contributed by atoms with van der Waals surface area (Å²) >= 11 is 0. The first kappa shape index (κ1) is 24.3. The summed E-state index contributed by atoms with van der Waals surface area (Å²) in [5.41, 5.74) is -0.611. The van der Waals surface area contributed by atoms with Crippen molar-refractivity contribution in [2.45, 2.75) is 82.7 Å². The Morgan fingerprint density at radius 3 is 2.47 bits per heavy atom. The van der Waals surface area contributed by atoms with Gasteiger partial charge in [0, 0.05) is 20.1 Å². The molecule has 0 spiro atoms. The van der Waals surface area contributed by atoms with Crippen LogP contribution in [0.4, 0.5) is 18.0 Å². The smallest absolute Gasteiger partial charge is 0.437 e. The van der Waals surface area contributed by atoms with Crippen LogP contribution in [0.3, 0.4) is 0 Å². The van der Waals surface area contributed by atoms with Crippen LogP contribution in [0.15, 0.2) is 12.1 Å². The third kappa shape index (κ3) is 5.44. The molecule has 2 heterocycles. The van der Waals surface area contributed by atoms with Crippen LogP contribution in [-0.2, 0) is 24.6 Å². The highest BCUT2D eigenvalue weighted by atomic mass is 19.4. The molecule has 8 nitrogen and oxygen atoms in total. The normalized spacial score (nSPS) is 17.7. The minimum Gasteiger partial charge on any atom is -0.488 e. The van der Waals surface area contributed by atoms with Crippen molar-refractivity contribution in [1.29, 1.82) is 0 Å². The predicted octanol–water partition coefficient (Wildman–Crippen LogP) is 5.12. The van der Waals surface area contributed by atoms with Gasteiger partial charge in [0.1, 0.15) is 18.0 Å². The maximum absolute atomic E-state index is 13.8. The first-order chi connectivity index (χ1) is 16.2. The lowest BCUT2D eigenvalue weighted by molar-refractivity contribution is -0.143. The fraction of sp³-hybridized carbons (Fsp3) is 0.652. The van der Waals surface area contributed by atoms with Crippen LogP contribution >= 0.6 is 0 Å². The van der Waals surface area contributed by atoms with Gasteiger partial charge in [-0.15, -0.1) is 5.10 Å². The quantitative estimate of drug-likeness (QED) is 0.570. The minimum atomic E-state index is -4.70. The minimum absolute atomic E-state index is 0.00776. The molecule has 0 radical (unpaired) electrons. The number of carbonyl (C=O) groups is 1. The lowest BCUT2D eigenvalue weighted by Gasteiger charge is -2.24. The molecule has 2 aliphatic rings. The predicted molar refractivity (Wildman–Crippen MR) is 117 cm³/mol. The van der Waals surface area contributed by atoms with E-state index >= 15 is 0 Å². The SMILES string of the molecule is CN(C(=O)OCc1c(-c2ccc(OC3CCCCC3)c(C(F)(F)F)n2)nnn1C)C1CCCC1. The summed E-state index contributed by atoms with van der Waals surface area (Å²) in [4.78, 5) is 17.9. The first-order valence-corrected chi connectivity index (χ1v) is 11.8. The highest BCUT2D eigenvalue weighted by molar-refractivity contribution is 5.68. The molecule has 34 heavy (non-hydrogen) atoms. The number of halogens is 3. The zero-order valence-electron chi connectivity index (χ0n) is 19.5. The van der Waals surface area contributed by atoms with E-state index in [0.29, 0.717) is 5.69 Å². The Morgan fingerprint density at radius 1 is 1.12 bits per heavy atom. The van der Waals surface area contributed by atoms with Gasteiger partial charge in [0.2, 0.25) is 0 Å². The zero-order chi connectivity index (χ0) is 24.3. The van der Waals surface area contributed by atoms with Crippen molar-refractivity contribution in [3.63, 3.8) is 0 Å². The molecule has 11 heteroatoms. The van der Waals surface area contributed by atoms with E-state index in [4.69, 9.17) is 9.47 Å². The van der Waals surface area contributed by atoms with Crippen LogP contribution in [0.1, 0.15) is 69.2 Å². The third-order valence-corrected chi connectivity index (χ3v) is 6.65. The van der Waals surface area contributed by atoms with E-state index in [1.54, 1.807) is 19.0 Å². The molecule has 0 atom stereocenters. The van der Waals surface area contributed by atoms with Crippen molar-refractivity contribution in [2.75, 3.05) is 7.05 Å². The highest BCUT2D eigenvalue weighted by Gasteiger charge is 2.38. The molecule has 2 aromatic heterocycles. The van der Waals surface area contributed by atoms with Crippen LogP contribution in [-0.4, -0.2) is 50.2 Å². The number of rotatable bonds is 6. The molecule has 4 rings (SSSR count). The van der Waals surface area contributed by atoms with Gasteiger partial charge in [-0.3, -0.25) is 0 Å². The van der Waals surface area contributed by atoms with Gasteiger partial charge in [-0.25, -0.2) is 14.5 Å². The molecule has 2 fully saturated rings. The number of nitrogens with zero attached hydrogens (tertiary/aromatic N) is 5. The number of hydrogen-bond acceptors (Lipinski definition) is 6. The Bertz CT molecular complexity index is 998. The average molecular weight is 482 g/mol. The van der Waals surface area contributed by atoms with Gasteiger partial charge in [0.05, 0.1) is 11.8 Å². The molecule has 0 aromatic carbocycles. The second kappa shape index (κ2) is 10.2. The number of alkyl halides is 3. The number of aromatic nitrogens is 4. The first-order valence-electron chi connectivity index (χ1n) is 11.8. The Balaban J connectivity index is 1.54. The molecule has 0 aliphatic heterocycles. The summed E-state index contributed by atoms with van der Waals surface area (Å²) in [6, 6.07) is 2.87. The number of aryl methyl sites for hydroxylation is 1. The van der Waals surface area contributed by atoms with Gasteiger partial charge in [-0.05, 0) is 50.7 Å². The summed E-state index contributed by atoms with van der Waals surface area (Å²) in [6.07, 6.45) is 3.00. The van der Waals surface area contributed by atoms with Crippen LogP contribution in [0.25, 0.3) is 11.4 Å². The summed E-state index contributed by atoms with van der Waals surface area (Å²) in [7, 11) is 3.29. The van der Waals surface area contributed by atoms with Gasteiger partial charge in [-0.1, -0.05) is 24.5 Å². The molecule has 0 saturated heterocycles. The van der Waals surface area contributed by atoms with Crippen LogP contribution < -0.4 is 4.74 Å². The Kier molecular flexibility index (Phi) is 7.27. The van der Waals surface area contributed by atoms with E-state index < -0.39 is 18.0 Å². The molecule has 186 valence electrons. The van der Waals surface area contributed by atoms with Gasteiger partial charge in [0.15, 0.2) is 11.4 Å². The largest absolute Gasteiger partial charge is 0.488 e. The van der Waals surface area contributed by atoms with Gasteiger partial charge in [-0.2, -0.15) is 13.2 Å². The maximum atomic E-state index is 13.8. The number of carbonyl (C=O) groups excluding carboxylic acids is 1. The number of amides is 1. The van der Waals surface area contributed by atoms with Crippen molar-refractivity contribution in [3.8, 4) is 17.1 Å². The standard InChI is InChI=1S/C23H30F3N5O3/c1-30(15-8-6-7-9-15)22(32)33-14-18-20(28-29-31(18)2)17-12-13-19(21(27-17)23(24,25)26)34-16-10-4-3-5-11-16/h12-13,15-16H,3-11,14H2,1-2H3. The molecule has 1 amide bonds. The van der Waals surface area contributed by atoms with Crippen LogP contribution in [0.2, 0.25) is 0 Å². The van der Waals surface area contributed by atoms with Gasteiger partial charge < -0.3 is 14.4 Å². The van der Waals surface area contributed by atoms with Crippen molar-refractivity contribution < 1.29 is 27.4 Å².